The van der Waals surface area contributed by atoms with Crippen molar-refractivity contribution < 1.29 is 4.74 Å². The highest BCUT2D eigenvalue weighted by Gasteiger charge is 2.22. The normalized spacial score (nSPS) is 16.9. The van der Waals surface area contributed by atoms with Gasteiger partial charge in [-0.25, -0.2) is 0 Å². The summed E-state index contributed by atoms with van der Waals surface area (Å²) in [5.74, 6) is 0. The van der Waals surface area contributed by atoms with Crippen LogP contribution in [0.5, 0.6) is 0 Å². The SMILES string of the molecule is Cc1ccc(C(CNCc2ccc(Cl)cc2)N2CCOCC2)cc1. The largest absolute Gasteiger partial charge is 0.379 e. The van der Waals surface area contributed by atoms with E-state index in [1.54, 1.807) is 0 Å². The molecule has 0 radical (unpaired) electrons. The zero-order valence-electron chi connectivity index (χ0n) is 14.2. The molecule has 0 aromatic heterocycles. The fourth-order valence-corrected chi connectivity index (χ4v) is 3.22. The molecule has 1 heterocycles. The van der Waals surface area contributed by atoms with Gasteiger partial charge in [0.25, 0.3) is 0 Å². The maximum Gasteiger partial charge on any atom is 0.0594 e. The number of ether oxygens (including phenoxy) is 1. The third-order valence-electron chi connectivity index (χ3n) is 4.53. The number of morpholine rings is 1. The Kier molecular flexibility index (Phi) is 6.27. The summed E-state index contributed by atoms with van der Waals surface area (Å²) in [5, 5.41) is 4.39. The average Bonchev–Trinajstić information content (AvgIpc) is 2.62. The number of aryl methyl sites for hydroxylation is 1. The average molecular weight is 345 g/mol. The Balaban J connectivity index is 1.65. The van der Waals surface area contributed by atoms with Gasteiger partial charge in [0.1, 0.15) is 0 Å². The lowest BCUT2D eigenvalue weighted by molar-refractivity contribution is 0.0161. The predicted molar refractivity (Wildman–Crippen MR) is 99.5 cm³/mol. The maximum atomic E-state index is 5.95. The quantitative estimate of drug-likeness (QED) is 0.862. The Hall–Kier alpha value is -1.39. The van der Waals surface area contributed by atoms with Crippen molar-refractivity contribution in [3.8, 4) is 0 Å². The lowest BCUT2D eigenvalue weighted by Gasteiger charge is -2.35. The first-order valence-corrected chi connectivity index (χ1v) is 8.94. The van der Waals surface area contributed by atoms with Gasteiger partial charge < -0.3 is 10.1 Å². The fraction of sp³-hybridized carbons (Fsp3) is 0.400. The van der Waals surface area contributed by atoms with Crippen molar-refractivity contribution in [2.24, 2.45) is 0 Å². The van der Waals surface area contributed by atoms with E-state index in [0.717, 1.165) is 44.4 Å². The first kappa shape index (κ1) is 17.4. The summed E-state index contributed by atoms with van der Waals surface area (Å²) in [7, 11) is 0. The second kappa shape index (κ2) is 8.63. The van der Waals surface area contributed by atoms with Gasteiger partial charge in [-0.2, -0.15) is 0 Å². The van der Waals surface area contributed by atoms with Crippen molar-refractivity contribution in [3.05, 3.63) is 70.2 Å². The summed E-state index contributed by atoms with van der Waals surface area (Å²) in [6, 6.07) is 17.3. The van der Waals surface area contributed by atoms with Crippen LogP contribution in [-0.4, -0.2) is 37.7 Å². The summed E-state index contributed by atoms with van der Waals surface area (Å²) < 4.78 is 5.52. The van der Waals surface area contributed by atoms with Gasteiger partial charge in [-0.05, 0) is 30.2 Å². The lowest BCUT2D eigenvalue weighted by Crippen LogP contribution is -2.42. The molecule has 1 unspecified atom stereocenters. The van der Waals surface area contributed by atoms with E-state index >= 15 is 0 Å². The van der Waals surface area contributed by atoms with Crippen molar-refractivity contribution >= 4 is 11.6 Å². The Morgan fingerprint density at radius 3 is 2.38 bits per heavy atom. The molecule has 1 atom stereocenters. The van der Waals surface area contributed by atoms with Gasteiger partial charge >= 0.3 is 0 Å². The minimum Gasteiger partial charge on any atom is -0.379 e. The Labute approximate surface area is 149 Å². The summed E-state index contributed by atoms with van der Waals surface area (Å²) in [6.07, 6.45) is 0. The Morgan fingerprint density at radius 2 is 1.71 bits per heavy atom. The maximum absolute atomic E-state index is 5.95. The van der Waals surface area contributed by atoms with Crippen molar-refractivity contribution in [1.29, 1.82) is 0 Å². The minimum atomic E-state index is 0.377. The van der Waals surface area contributed by atoms with E-state index in [2.05, 4.69) is 53.5 Å². The summed E-state index contributed by atoms with van der Waals surface area (Å²) >= 11 is 5.95. The van der Waals surface area contributed by atoms with E-state index < -0.39 is 0 Å². The van der Waals surface area contributed by atoms with Crippen molar-refractivity contribution in [2.45, 2.75) is 19.5 Å². The van der Waals surface area contributed by atoms with Gasteiger partial charge in [0, 0.05) is 37.2 Å². The number of benzene rings is 2. The van der Waals surface area contributed by atoms with E-state index in [4.69, 9.17) is 16.3 Å². The molecule has 4 heteroatoms. The van der Waals surface area contributed by atoms with Crippen LogP contribution in [-0.2, 0) is 11.3 Å². The molecule has 0 saturated carbocycles. The van der Waals surface area contributed by atoms with E-state index in [9.17, 15) is 0 Å². The molecule has 1 fully saturated rings. The molecule has 3 rings (SSSR count). The van der Waals surface area contributed by atoms with Gasteiger partial charge in [-0.1, -0.05) is 53.6 Å². The van der Waals surface area contributed by atoms with E-state index in [0.29, 0.717) is 6.04 Å². The summed E-state index contributed by atoms with van der Waals surface area (Å²) in [4.78, 5) is 2.52. The van der Waals surface area contributed by atoms with Gasteiger partial charge in [-0.3, -0.25) is 4.90 Å². The van der Waals surface area contributed by atoms with E-state index in [1.165, 1.54) is 16.7 Å². The molecule has 24 heavy (non-hydrogen) atoms. The van der Waals surface area contributed by atoms with Crippen LogP contribution in [0.3, 0.4) is 0 Å². The molecule has 128 valence electrons. The molecule has 0 spiro atoms. The van der Waals surface area contributed by atoms with Crippen LogP contribution in [0.4, 0.5) is 0 Å². The van der Waals surface area contributed by atoms with Crippen LogP contribution in [0.2, 0.25) is 5.02 Å². The first-order chi connectivity index (χ1) is 11.7. The number of hydrogen-bond donors (Lipinski definition) is 1. The highest BCUT2D eigenvalue weighted by molar-refractivity contribution is 6.30. The number of hydrogen-bond acceptors (Lipinski definition) is 3. The number of nitrogens with zero attached hydrogens (tertiary/aromatic N) is 1. The zero-order chi connectivity index (χ0) is 16.8. The molecule has 1 saturated heterocycles. The number of rotatable bonds is 6. The van der Waals surface area contributed by atoms with Crippen molar-refractivity contribution in [1.82, 2.24) is 10.2 Å². The lowest BCUT2D eigenvalue weighted by atomic mass is 10.0. The van der Waals surface area contributed by atoms with Crippen LogP contribution >= 0.6 is 11.6 Å². The molecule has 1 N–H and O–H groups in total. The number of halogens is 1. The molecule has 0 bridgehead atoms. The topological polar surface area (TPSA) is 24.5 Å². The summed E-state index contributed by atoms with van der Waals surface area (Å²) in [6.45, 7) is 7.52. The van der Waals surface area contributed by atoms with Crippen LogP contribution < -0.4 is 5.32 Å². The van der Waals surface area contributed by atoms with Crippen molar-refractivity contribution in [2.75, 3.05) is 32.8 Å². The highest BCUT2D eigenvalue weighted by Crippen LogP contribution is 2.22. The highest BCUT2D eigenvalue weighted by atomic mass is 35.5. The zero-order valence-corrected chi connectivity index (χ0v) is 14.9. The van der Waals surface area contributed by atoms with Crippen LogP contribution in [0.1, 0.15) is 22.7 Å². The second-order valence-electron chi connectivity index (χ2n) is 6.33. The van der Waals surface area contributed by atoms with Gasteiger partial charge in [0.05, 0.1) is 13.2 Å². The van der Waals surface area contributed by atoms with Crippen LogP contribution in [0.25, 0.3) is 0 Å². The van der Waals surface area contributed by atoms with Crippen LogP contribution in [0, 0.1) is 6.92 Å². The second-order valence-corrected chi connectivity index (χ2v) is 6.77. The van der Waals surface area contributed by atoms with Crippen molar-refractivity contribution in [3.63, 3.8) is 0 Å². The third kappa shape index (κ3) is 4.81. The fourth-order valence-electron chi connectivity index (χ4n) is 3.09. The molecule has 1 aliphatic rings. The molecular formula is C20H25ClN2O. The molecule has 3 nitrogen and oxygen atoms in total. The Bertz CT molecular complexity index is 621. The van der Waals surface area contributed by atoms with Gasteiger partial charge in [0.15, 0.2) is 0 Å². The standard InChI is InChI=1S/C20H25ClN2O/c1-16-2-6-18(7-3-16)20(23-10-12-24-13-11-23)15-22-14-17-4-8-19(21)9-5-17/h2-9,20,22H,10-15H2,1H3. The molecule has 0 aliphatic carbocycles. The first-order valence-electron chi connectivity index (χ1n) is 8.56. The smallest absolute Gasteiger partial charge is 0.0594 e. The summed E-state index contributed by atoms with van der Waals surface area (Å²) in [5.41, 5.74) is 3.92. The monoisotopic (exact) mass is 344 g/mol. The number of nitrogens with one attached hydrogen (secondary N) is 1. The molecule has 2 aromatic carbocycles. The van der Waals surface area contributed by atoms with Gasteiger partial charge in [-0.15, -0.1) is 0 Å². The van der Waals surface area contributed by atoms with Crippen LogP contribution in [0.15, 0.2) is 48.5 Å². The minimum absolute atomic E-state index is 0.377. The van der Waals surface area contributed by atoms with E-state index in [1.807, 2.05) is 12.1 Å². The molecule has 2 aromatic rings. The van der Waals surface area contributed by atoms with Gasteiger partial charge in [0.2, 0.25) is 0 Å². The molecule has 1 aliphatic heterocycles. The molecule has 0 amide bonds. The van der Waals surface area contributed by atoms with E-state index in [-0.39, 0.29) is 0 Å². The Morgan fingerprint density at radius 1 is 1.04 bits per heavy atom. The molecular weight excluding hydrogens is 320 g/mol. The third-order valence-corrected chi connectivity index (χ3v) is 4.78. The predicted octanol–water partition coefficient (Wildman–Crippen LogP) is 3.81.